The van der Waals surface area contributed by atoms with Crippen LogP contribution < -0.4 is 4.74 Å². The first kappa shape index (κ1) is 54.9. The molecule has 2 aliphatic rings. The normalized spacial score (nSPS) is 16.5. The number of esters is 3. The second-order valence-electron chi connectivity index (χ2n) is 20.2. The maximum atomic E-state index is 12.1. The number of rotatable bonds is 13. The average Bonchev–Trinajstić information content (AvgIpc) is 3.31. The van der Waals surface area contributed by atoms with E-state index in [1.54, 1.807) is 12.1 Å². The molecule has 65 heavy (non-hydrogen) atoms. The van der Waals surface area contributed by atoms with Crippen molar-refractivity contribution in [2.45, 2.75) is 216 Å². The molecule has 2 aliphatic carbocycles. The molecule has 0 saturated heterocycles. The van der Waals surface area contributed by atoms with Crippen LogP contribution >= 0.6 is 0 Å². The molecule has 2 saturated carbocycles. The number of fused-ring (bicyclic) bond motifs is 2. The van der Waals surface area contributed by atoms with Crippen LogP contribution in [0.4, 0.5) is 0 Å². The number of ether oxygens (including phenoxy) is 3. The Morgan fingerprint density at radius 2 is 0.923 bits per heavy atom. The molecule has 4 aromatic rings. The smallest absolute Gasteiger partial charge is 0.312 e. The summed E-state index contributed by atoms with van der Waals surface area (Å²) in [7, 11) is 0. The number of phenols is 1. The molecular weight excluding hydrogens is 809 g/mol. The third-order valence-corrected chi connectivity index (χ3v) is 14.6. The first-order valence-electron chi connectivity index (χ1n) is 25.1. The Hall–Kier alpha value is -4.39. The maximum Gasteiger partial charge on any atom is 0.312 e. The second-order valence-corrected chi connectivity index (χ2v) is 20.2. The van der Waals surface area contributed by atoms with E-state index < -0.39 is 0 Å². The van der Waals surface area contributed by atoms with Gasteiger partial charge in [0.15, 0.2) is 0 Å². The third kappa shape index (κ3) is 16.5. The van der Waals surface area contributed by atoms with Gasteiger partial charge < -0.3 is 19.3 Å². The number of carbonyl (C=O) groups is 3. The van der Waals surface area contributed by atoms with Gasteiger partial charge in [0.25, 0.3) is 0 Å². The lowest BCUT2D eigenvalue weighted by atomic mass is 9.82. The van der Waals surface area contributed by atoms with Gasteiger partial charge >= 0.3 is 17.9 Å². The van der Waals surface area contributed by atoms with Gasteiger partial charge in [-0.3, -0.25) is 14.4 Å². The van der Waals surface area contributed by atoms with Crippen molar-refractivity contribution in [3.05, 3.63) is 83.9 Å². The summed E-state index contributed by atoms with van der Waals surface area (Å²) in [4.78, 5) is 35.1. The van der Waals surface area contributed by atoms with Gasteiger partial charge in [0.2, 0.25) is 0 Å². The van der Waals surface area contributed by atoms with E-state index in [1.807, 2.05) is 65.8 Å². The van der Waals surface area contributed by atoms with Gasteiger partial charge in [-0.15, -0.1) is 0 Å². The van der Waals surface area contributed by atoms with Gasteiger partial charge in [-0.2, -0.15) is 0 Å². The van der Waals surface area contributed by atoms with E-state index in [0.717, 1.165) is 75.0 Å². The van der Waals surface area contributed by atoms with Gasteiger partial charge in [0.05, 0.1) is 10.8 Å². The Morgan fingerprint density at radius 3 is 1.29 bits per heavy atom. The predicted octanol–water partition coefficient (Wildman–Crippen LogP) is 16.5. The van der Waals surface area contributed by atoms with Crippen molar-refractivity contribution in [1.29, 1.82) is 0 Å². The van der Waals surface area contributed by atoms with Gasteiger partial charge in [0.1, 0.15) is 22.7 Å². The number of phenolic OH excluding ortho intramolecular Hbond substituents is 1. The molecule has 7 nitrogen and oxygen atoms in total. The third-order valence-electron chi connectivity index (χ3n) is 14.6. The summed E-state index contributed by atoms with van der Waals surface area (Å²) in [6.45, 7) is 26.5. The number of aromatic hydroxyl groups is 1. The summed E-state index contributed by atoms with van der Waals surface area (Å²) >= 11 is 0. The molecule has 0 spiro atoms. The number of hydrogen-bond donors (Lipinski definition) is 1. The van der Waals surface area contributed by atoms with Crippen LogP contribution in [0.15, 0.2) is 72.8 Å². The summed E-state index contributed by atoms with van der Waals surface area (Å²) in [5, 5.41) is 13.9. The molecule has 2 fully saturated rings. The van der Waals surface area contributed by atoms with Crippen LogP contribution in [0.2, 0.25) is 0 Å². The lowest BCUT2D eigenvalue weighted by Crippen LogP contribution is -2.40. The Morgan fingerprint density at radius 1 is 0.554 bits per heavy atom. The van der Waals surface area contributed by atoms with Crippen LogP contribution in [0.25, 0.3) is 21.5 Å². The first-order chi connectivity index (χ1) is 30.7. The molecule has 7 heteroatoms. The number of hydrogen-bond acceptors (Lipinski definition) is 7. The Balaban J connectivity index is 0.000000231. The fourth-order valence-corrected chi connectivity index (χ4v) is 8.21. The van der Waals surface area contributed by atoms with Crippen molar-refractivity contribution in [2.24, 2.45) is 10.8 Å². The second kappa shape index (κ2) is 25.5. The molecule has 0 bridgehead atoms. The van der Waals surface area contributed by atoms with Gasteiger partial charge in [-0.05, 0) is 186 Å². The molecule has 6 rings (SSSR count). The molecule has 0 amide bonds. The van der Waals surface area contributed by atoms with Crippen molar-refractivity contribution >= 4 is 39.5 Å². The highest BCUT2D eigenvalue weighted by Gasteiger charge is 2.39. The van der Waals surface area contributed by atoms with E-state index in [0.29, 0.717) is 23.3 Å². The van der Waals surface area contributed by atoms with E-state index >= 15 is 0 Å². The van der Waals surface area contributed by atoms with Crippen LogP contribution in [0.5, 0.6) is 11.5 Å². The average molecular weight is 895 g/mol. The molecule has 0 radical (unpaired) electrons. The SMILES string of the molecule is CCC(C)c1ccc2cc(O)ccc2c1.CCC(C)c1ccc2cc(OC(C)=O)ccc2c1.CCC1(OC(=O)C(C)(C)CC)CCCCC1.CCC1(OC(=O)C(C)(C)CC)CCCCC1. The Kier molecular flexibility index (Phi) is 21.6. The van der Waals surface area contributed by atoms with E-state index in [1.165, 1.54) is 67.3 Å². The molecule has 2 atom stereocenters. The van der Waals surface area contributed by atoms with Gasteiger partial charge in [-0.25, -0.2) is 0 Å². The number of benzene rings is 4. The maximum absolute atomic E-state index is 12.1. The standard InChI is InChI=1S/C16H18O2.2C14H26O2.C14H16O/c1-4-11(2)13-5-6-15-10-16(18-12(3)17)8-7-14(15)9-13;2*1-5-13(3,4)12(15)16-14(6-2)10-8-7-9-11-14;1-3-10(2)11-4-5-13-9-14(15)7-6-12(13)8-11/h5-11H,4H2,1-3H3;2*5-11H2,1-4H3;4-10,15H,3H2,1-2H3. The molecule has 1 N–H and O–H groups in total. The monoisotopic (exact) mass is 895 g/mol. The van der Waals surface area contributed by atoms with E-state index in [9.17, 15) is 19.5 Å². The predicted molar refractivity (Wildman–Crippen MR) is 271 cm³/mol. The molecule has 0 heterocycles. The highest BCUT2D eigenvalue weighted by molar-refractivity contribution is 5.86. The number of carbonyl (C=O) groups excluding carboxylic acids is 3. The Labute approximate surface area is 393 Å². The molecule has 2 unspecified atom stereocenters. The van der Waals surface area contributed by atoms with E-state index in [-0.39, 0.29) is 39.9 Å². The highest BCUT2D eigenvalue weighted by Crippen LogP contribution is 2.38. The van der Waals surface area contributed by atoms with Crippen molar-refractivity contribution in [2.75, 3.05) is 0 Å². The minimum absolute atomic E-state index is 0.0150. The molecule has 4 aromatic carbocycles. The molecule has 360 valence electrons. The van der Waals surface area contributed by atoms with Crippen LogP contribution in [-0.2, 0) is 23.9 Å². The van der Waals surface area contributed by atoms with Gasteiger partial charge in [0, 0.05) is 6.92 Å². The van der Waals surface area contributed by atoms with Crippen LogP contribution in [-0.4, -0.2) is 34.2 Å². The van der Waals surface area contributed by atoms with Crippen LogP contribution in [0.1, 0.15) is 216 Å². The fourth-order valence-electron chi connectivity index (χ4n) is 8.21. The van der Waals surface area contributed by atoms with E-state index in [4.69, 9.17) is 14.2 Å². The lowest BCUT2D eigenvalue weighted by molar-refractivity contribution is -0.175. The zero-order chi connectivity index (χ0) is 48.4. The Bertz CT molecular complexity index is 2050. The zero-order valence-electron chi connectivity index (χ0n) is 42.8. The van der Waals surface area contributed by atoms with Crippen LogP contribution in [0.3, 0.4) is 0 Å². The summed E-state index contributed by atoms with van der Waals surface area (Å²) in [5.74, 6) is 1.79. The molecule has 0 aromatic heterocycles. The summed E-state index contributed by atoms with van der Waals surface area (Å²) in [5.41, 5.74) is 1.75. The minimum Gasteiger partial charge on any atom is -0.508 e. The largest absolute Gasteiger partial charge is 0.508 e. The summed E-state index contributed by atoms with van der Waals surface area (Å²) < 4.78 is 16.8. The quantitative estimate of drug-likeness (QED) is 0.105. The zero-order valence-corrected chi connectivity index (χ0v) is 42.8. The minimum atomic E-state index is -0.334. The van der Waals surface area contributed by atoms with Crippen LogP contribution in [0, 0.1) is 10.8 Å². The van der Waals surface area contributed by atoms with E-state index in [2.05, 4.69) is 77.9 Å². The first-order valence-corrected chi connectivity index (χ1v) is 25.1. The molecular formula is C58H86O7. The van der Waals surface area contributed by atoms with Gasteiger partial charge in [-0.1, -0.05) is 117 Å². The highest BCUT2D eigenvalue weighted by atomic mass is 16.6. The van der Waals surface area contributed by atoms with Crippen molar-refractivity contribution in [3.63, 3.8) is 0 Å². The lowest BCUT2D eigenvalue weighted by Gasteiger charge is -2.38. The van der Waals surface area contributed by atoms with Crippen molar-refractivity contribution in [1.82, 2.24) is 0 Å². The summed E-state index contributed by atoms with van der Waals surface area (Å²) in [6.07, 6.45) is 17.5. The topological polar surface area (TPSA) is 99.1 Å². The fraction of sp³-hybridized carbons (Fsp3) is 0.603. The summed E-state index contributed by atoms with van der Waals surface area (Å²) in [6, 6.07) is 24.1. The van der Waals surface area contributed by atoms with Crippen molar-refractivity contribution in [3.8, 4) is 11.5 Å². The van der Waals surface area contributed by atoms with Crippen molar-refractivity contribution < 1.29 is 33.7 Å². The molecule has 0 aliphatic heterocycles.